The zero-order valence-electron chi connectivity index (χ0n) is 12.4. The van der Waals surface area contributed by atoms with Crippen molar-refractivity contribution >= 4 is 12.0 Å². The quantitative estimate of drug-likeness (QED) is 0.815. The summed E-state index contributed by atoms with van der Waals surface area (Å²) in [6.07, 6.45) is 5.49. The number of ether oxygens (including phenoxy) is 3. The summed E-state index contributed by atoms with van der Waals surface area (Å²) in [5.41, 5.74) is 0.875. The van der Waals surface area contributed by atoms with Crippen LogP contribution in [0.3, 0.4) is 0 Å². The third-order valence-corrected chi connectivity index (χ3v) is 3.36. The van der Waals surface area contributed by atoms with Crippen LogP contribution >= 0.6 is 0 Å². The molecule has 1 amide bonds. The maximum Gasteiger partial charge on any atom is 0.244 e. The second-order valence-electron chi connectivity index (χ2n) is 4.83. The van der Waals surface area contributed by atoms with Crippen LogP contribution in [-0.4, -0.2) is 39.4 Å². The number of benzene rings is 1. The zero-order valence-corrected chi connectivity index (χ0v) is 12.4. The molecule has 0 unspecified atom stereocenters. The molecule has 1 heterocycles. The molecule has 1 atom stereocenters. The lowest BCUT2D eigenvalue weighted by atomic mass is 10.2. The molecule has 0 aliphatic carbocycles. The zero-order chi connectivity index (χ0) is 15.1. The number of amides is 1. The van der Waals surface area contributed by atoms with Gasteiger partial charge in [0.05, 0.1) is 20.3 Å². The van der Waals surface area contributed by atoms with E-state index in [1.807, 2.05) is 18.2 Å². The van der Waals surface area contributed by atoms with Crippen molar-refractivity contribution < 1.29 is 19.0 Å². The molecule has 1 aromatic rings. The molecular formula is C16H21NO4. The van der Waals surface area contributed by atoms with Crippen LogP contribution in [0.4, 0.5) is 0 Å². The molecule has 5 heteroatoms. The highest BCUT2D eigenvalue weighted by atomic mass is 16.5. The summed E-state index contributed by atoms with van der Waals surface area (Å²) in [7, 11) is 3.17. The van der Waals surface area contributed by atoms with Crippen LogP contribution in [0.5, 0.6) is 11.5 Å². The summed E-state index contributed by atoms with van der Waals surface area (Å²) >= 11 is 0. The van der Waals surface area contributed by atoms with Crippen molar-refractivity contribution in [3.63, 3.8) is 0 Å². The fraction of sp³-hybridized carbons (Fsp3) is 0.438. The van der Waals surface area contributed by atoms with Gasteiger partial charge in [-0.1, -0.05) is 6.07 Å². The van der Waals surface area contributed by atoms with Crippen LogP contribution in [0.2, 0.25) is 0 Å². The first kappa shape index (κ1) is 15.4. The highest BCUT2D eigenvalue weighted by Gasteiger charge is 2.15. The van der Waals surface area contributed by atoms with Gasteiger partial charge in [-0.05, 0) is 36.6 Å². The van der Waals surface area contributed by atoms with E-state index in [9.17, 15) is 4.79 Å². The van der Waals surface area contributed by atoms with Crippen LogP contribution < -0.4 is 14.8 Å². The lowest BCUT2D eigenvalue weighted by Gasteiger charge is -2.09. The monoisotopic (exact) mass is 291 g/mol. The van der Waals surface area contributed by atoms with Crippen LogP contribution in [0.1, 0.15) is 18.4 Å². The fourth-order valence-corrected chi connectivity index (χ4v) is 2.21. The summed E-state index contributed by atoms with van der Waals surface area (Å²) in [5.74, 6) is 1.18. The van der Waals surface area contributed by atoms with Crippen LogP contribution in [-0.2, 0) is 9.53 Å². The maximum absolute atomic E-state index is 11.7. The average Bonchev–Trinajstić information content (AvgIpc) is 3.04. The molecule has 1 saturated heterocycles. The predicted octanol–water partition coefficient (Wildman–Crippen LogP) is 2.01. The van der Waals surface area contributed by atoms with Crippen molar-refractivity contribution in [1.82, 2.24) is 5.32 Å². The Morgan fingerprint density at radius 2 is 2.19 bits per heavy atom. The Hall–Kier alpha value is -2.01. The predicted molar refractivity (Wildman–Crippen MR) is 80.6 cm³/mol. The van der Waals surface area contributed by atoms with Gasteiger partial charge in [0.2, 0.25) is 5.91 Å². The highest BCUT2D eigenvalue weighted by Crippen LogP contribution is 2.27. The van der Waals surface area contributed by atoms with Crippen molar-refractivity contribution in [3.05, 3.63) is 29.8 Å². The average molecular weight is 291 g/mol. The summed E-state index contributed by atoms with van der Waals surface area (Å²) in [4.78, 5) is 11.7. The number of methoxy groups -OCH3 is 2. The number of carbonyl (C=O) groups is 1. The molecule has 2 rings (SSSR count). The van der Waals surface area contributed by atoms with Gasteiger partial charge < -0.3 is 19.5 Å². The summed E-state index contributed by atoms with van der Waals surface area (Å²) in [6.45, 7) is 1.36. The molecule has 0 saturated carbocycles. The van der Waals surface area contributed by atoms with Crippen LogP contribution in [0, 0.1) is 0 Å². The Labute approximate surface area is 124 Å². The second kappa shape index (κ2) is 7.69. The molecular weight excluding hydrogens is 270 g/mol. The maximum atomic E-state index is 11.7. The number of hydrogen-bond acceptors (Lipinski definition) is 4. The molecule has 1 fully saturated rings. The number of nitrogens with one attached hydrogen (secondary N) is 1. The molecule has 5 nitrogen and oxygen atoms in total. The molecule has 1 aromatic carbocycles. The molecule has 1 aliphatic heterocycles. The van der Waals surface area contributed by atoms with Gasteiger partial charge in [-0.2, -0.15) is 0 Å². The van der Waals surface area contributed by atoms with Crippen molar-refractivity contribution in [3.8, 4) is 11.5 Å². The van der Waals surface area contributed by atoms with Gasteiger partial charge in [0.25, 0.3) is 0 Å². The van der Waals surface area contributed by atoms with Crippen molar-refractivity contribution in [1.29, 1.82) is 0 Å². The standard InChI is InChI=1S/C16H21NO4/c1-19-14-7-5-12(10-15(14)20-2)6-8-16(18)17-11-13-4-3-9-21-13/h5-8,10,13H,3-4,9,11H2,1-2H3,(H,17,18)/b8-6+/t13-/m0/s1. The molecule has 1 N–H and O–H groups in total. The van der Waals surface area contributed by atoms with Crippen LogP contribution in [0.25, 0.3) is 6.08 Å². The second-order valence-corrected chi connectivity index (χ2v) is 4.83. The van der Waals surface area contributed by atoms with Gasteiger partial charge in [-0.15, -0.1) is 0 Å². The van der Waals surface area contributed by atoms with Gasteiger partial charge in [0.1, 0.15) is 0 Å². The molecule has 0 aromatic heterocycles. The number of rotatable bonds is 6. The Morgan fingerprint density at radius 1 is 1.38 bits per heavy atom. The largest absolute Gasteiger partial charge is 0.493 e. The van der Waals surface area contributed by atoms with E-state index in [0.29, 0.717) is 18.0 Å². The van der Waals surface area contributed by atoms with E-state index >= 15 is 0 Å². The Kier molecular flexibility index (Phi) is 5.63. The molecule has 21 heavy (non-hydrogen) atoms. The summed E-state index contributed by atoms with van der Waals surface area (Å²) < 4.78 is 15.8. The van der Waals surface area contributed by atoms with Gasteiger partial charge in [-0.25, -0.2) is 0 Å². The SMILES string of the molecule is COc1ccc(/C=C/C(=O)NC[C@@H]2CCCO2)cc1OC. The minimum atomic E-state index is -0.125. The van der Waals surface area contributed by atoms with Crippen LogP contribution in [0.15, 0.2) is 24.3 Å². The number of carbonyl (C=O) groups excluding carboxylic acids is 1. The van der Waals surface area contributed by atoms with Crippen molar-refractivity contribution in [2.24, 2.45) is 0 Å². The van der Waals surface area contributed by atoms with Crippen molar-refractivity contribution in [2.45, 2.75) is 18.9 Å². The van der Waals surface area contributed by atoms with E-state index in [-0.39, 0.29) is 12.0 Å². The molecule has 0 spiro atoms. The normalized spacial score (nSPS) is 17.9. The molecule has 114 valence electrons. The van der Waals surface area contributed by atoms with E-state index in [1.54, 1.807) is 20.3 Å². The Bertz CT molecular complexity index is 507. The smallest absolute Gasteiger partial charge is 0.244 e. The lowest BCUT2D eigenvalue weighted by Crippen LogP contribution is -2.30. The van der Waals surface area contributed by atoms with E-state index in [0.717, 1.165) is 25.0 Å². The number of hydrogen-bond donors (Lipinski definition) is 1. The minimum Gasteiger partial charge on any atom is -0.493 e. The van der Waals surface area contributed by atoms with Crippen molar-refractivity contribution in [2.75, 3.05) is 27.4 Å². The molecule has 0 bridgehead atoms. The third kappa shape index (κ3) is 4.49. The first-order valence-electron chi connectivity index (χ1n) is 7.02. The molecule has 0 radical (unpaired) electrons. The Morgan fingerprint density at radius 3 is 2.86 bits per heavy atom. The Balaban J connectivity index is 1.88. The van der Waals surface area contributed by atoms with E-state index < -0.39 is 0 Å². The highest BCUT2D eigenvalue weighted by molar-refractivity contribution is 5.91. The lowest BCUT2D eigenvalue weighted by molar-refractivity contribution is -0.116. The third-order valence-electron chi connectivity index (χ3n) is 3.36. The first-order chi connectivity index (χ1) is 10.2. The summed E-state index contributed by atoms with van der Waals surface area (Å²) in [5, 5.41) is 2.84. The van der Waals surface area contributed by atoms with E-state index in [2.05, 4.69) is 5.32 Å². The summed E-state index contributed by atoms with van der Waals surface area (Å²) in [6, 6.07) is 5.50. The first-order valence-corrected chi connectivity index (χ1v) is 7.02. The topological polar surface area (TPSA) is 56.8 Å². The van der Waals surface area contributed by atoms with Gasteiger partial charge in [-0.3, -0.25) is 4.79 Å². The van der Waals surface area contributed by atoms with Gasteiger partial charge in [0, 0.05) is 19.2 Å². The fourth-order valence-electron chi connectivity index (χ4n) is 2.21. The van der Waals surface area contributed by atoms with Gasteiger partial charge in [0.15, 0.2) is 11.5 Å². The molecule has 1 aliphatic rings. The van der Waals surface area contributed by atoms with Gasteiger partial charge >= 0.3 is 0 Å². The minimum absolute atomic E-state index is 0.125. The van der Waals surface area contributed by atoms with E-state index in [1.165, 1.54) is 6.08 Å². The van der Waals surface area contributed by atoms with E-state index in [4.69, 9.17) is 14.2 Å².